The molecular weight excluding hydrogens is 417 g/mol. The topological polar surface area (TPSA) is 72.2 Å². The number of carbonyl (C=O) groups is 2. The van der Waals surface area contributed by atoms with Gasteiger partial charge in [-0.15, -0.1) is 12.4 Å². The predicted molar refractivity (Wildman–Crippen MR) is 113 cm³/mol. The van der Waals surface area contributed by atoms with E-state index in [0.29, 0.717) is 41.5 Å². The van der Waals surface area contributed by atoms with Gasteiger partial charge in [-0.2, -0.15) is 13.2 Å². The first-order valence-electron chi connectivity index (χ1n) is 9.57. The summed E-state index contributed by atoms with van der Waals surface area (Å²) in [6, 6.07) is 8.19. The van der Waals surface area contributed by atoms with E-state index in [1.165, 1.54) is 12.1 Å². The van der Waals surface area contributed by atoms with Crippen LogP contribution in [-0.2, 0) is 25.6 Å². The lowest BCUT2D eigenvalue weighted by Gasteiger charge is -2.17. The van der Waals surface area contributed by atoms with Crippen molar-refractivity contribution in [2.24, 2.45) is 5.73 Å². The lowest BCUT2D eigenvalue weighted by Crippen LogP contribution is -2.26. The zero-order chi connectivity index (χ0) is 21.6. The van der Waals surface area contributed by atoms with Crippen LogP contribution in [0.1, 0.15) is 69.7 Å². The Morgan fingerprint density at radius 2 is 1.70 bits per heavy atom. The van der Waals surface area contributed by atoms with Crippen LogP contribution in [0.15, 0.2) is 36.4 Å². The molecule has 0 aromatic heterocycles. The van der Waals surface area contributed by atoms with Crippen LogP contribution in [0.4, 0.5) is 13.2 Å². The third kappa shape index (κ3) is 6.23. The fraction of sp³-hybridized carbons (Fsp3) is 0.364. The maximum atomic E-state index is 12.9. The van der Waals surface area contributed by atoms with E-state index in [1.807, 2.05) is 13.8 Å². The number of amides is 2. The van der Waals surface area contributed by atoms with Crippen molar-refractivity contribution in [2.75, 3.05) is 0 Å². The summed E-state index contributed by atoms with van der Waals surface area (Å²) in [7, 11) is 0. The lowest BCUT2D eigenvalue weighted by atomic mass is 9.90. The largest absolute Gasteiger partial charge is 0.416 e. The zero-order valence-electron chi connectivity index (χ0n) is 16.9. The Bertz CT molecular complexity index is 898. The summed E-state index contributed by atoms with van der Waals surface area (Å²) >= 11 is 0. The van der Waals surface area contributed by atoms with Crippen molar-refractivity contribution >= 4 is 24.2 Å². The predicted octanol–water partition coefficient (Wildman–Crippen LogP) is 5.06. The SMILES string of the molecule is CCCc1ccc(C(=O)NCc2cccc(C(F)(F)F)c2)c(CCC)c1C(N)=O.Cl. The highest BCUT2D eigenvalue weighted by atomic mass is 35.5. The van der Waals surface area contributed by atoms with Crippen LogP contribution in [0.25, 0.3) is 0 Å². The number of nitrogens with one attached hydrogen (secondary N) is 1. The Morgan fingerprint density at radius 3 is 2.27 bits per heavy atom. The van der Waals surface area contributed by atoms with Crippen LogP contribution in [-0.4, -0.2) is 11.8 Å². The van der Waals surface area contributed by atoms with E-state index < -0.39 is 23.6 Å². The Balaban J connectivity index is 0.00000450. The van der Waals surface area contributed by atoms with E-state index in [-0.39, 0.29) is 19.0 Å². The summed E-state index contributed by atoms with van der Waals surface area (Å²) in [4.78, 5) is 24.8. The van der Waals surface area contributed by atoms with Gasteiger partial charge in [0.1, 0.15) is 0 Å². The minimum Gasteiger partial charge on any atom is -0.366 e. The zero-order valence-corrected chi connectivity index (χ0v) is 17.8. The summed E-state index contributed by atoms with van der Waals surface area (Å²) in [5, 5.41) is 2.65. The number of hydrogen-bond donors (Lipinski definition) is 2. The van der Waals surface area contributed by atoms with Gasteiger partial charge >= 0.3 is 6.18 Å². The van der Waals surface area contributed by atoms with Crippen LogP contribution in [0.5, 0.6) is 0 Å². The van der Waals surface area contributed by atoms with Gasteiger partial charge in [-0.3, -0.25) is 9.59 Å². The van der Waals surface area contributed by atoms with Crippen molar-refractivity contribution in [1.29, 1.82) is 0 Å². The molecule has 0 atom stereocenters. The molecule has 0 aliphatic carbocycles. The standard InChI is InChI=1S/C22H25F3N2O2.ClH/c1-3-6-15-10-11-18(17(7-4-2)19(15)20(26)28)21(29)27-13-14-8-5-9-16(12-14)22(23,24)25;/h5,8-12H,3-4,6-7,13H2,1-2H3,(H2,26,28)(H,27,29);1H. The molecule has 2 rings (SSSR count). The van der Waals surface area contributed by atoms with Crippen molar-refractivity contribution in [3.8, 4) is 0 Å². The van der Waals surface area contributed by atoms with Gasteiger partial charge in [0, 0.05) is 17.7 Å². The summed E-state index contributed by atoms with van der Waals surface area (Å²) in [5.41, 5.74) is 7.25. The average molecular weight is 443 g/mol. The fourth-order valence-electron chi connectivity index (χ4n) is 3.34. The molecule has 0 bridgehead atoms. The fourth-order valence-corrected chi connectivity index (χ4v) is 3.34. The van der Waals surface area contributed by atoms with Gasteiger partial charge < -0.3 is 11.1 Å². The van der Waals surface area contributed by atoms with Gasteiger partial charge in [-0.25, -0.2) is 0 Å². The van der Waals surface area contributed by atoms with Crippen LogP contribution in [0.3, 0.4) is 0 Å². The number of aryl methyl sites for hydroxylation is 1. The van der Waals surface area contributed by atoms with Crippen molar-refractivity contribution < 1.29 is 22.8 Å². The first-order chi connectivity index (χ1) is 13.7. The highest BCUT2D eigenvalue weighted by Gasteiger charge is 2.30. The summed E-state index contributed by atoms with van der Waals surface area (Å²) in [6.07, 6.45) is -1.74. The highest BCUT2D eigenvalue weighted by molar-refractivity contribution is 6.02. The molecule has 2 aromatic carbocycles. The Hall–Kier alpha value is -2.54. The maximum absolute atomic E-state index is 12.9. The monoisotopic (exact) mass is 442 g/mol. The molecule has 3 N–H and O–H groups in total. The molecule has 30 heavy (non-hydrogen) atoms. The van der Waals surface area contributed by atoms with Gasteiger partial charge in [0.2, 0.25) is 5.91 Å². The van der Waals surface area contributed by atoms with Gasteiger partial charge in [-0.1, -0.05) is 44.9 Å². The number of carbonyl (C=O) groups excluding carboxylic acids is 2. The quantitative estimate of drug-likeness (QED) is 0.599. The third-order valence-electron chi connectivity index (χ3n) is 4.62. The molecule has 0 fully saturated rings. The smallest absolute Gasteiger partial charge is 0.366 e. The molecule has 0 saturated carbocycles. The molecule has 2 amide bonds. The molecule has 0 aliphatic rings. The maximum Gasteiger partial charge on any atom is 0.416 e. The Morgan fingerprint density at radius 1 is 1.03 bits per heavy atom. The van der Waals surface area contributed by atoms with E-state index in [4.69, 9.17) is 5.73 Å². The second kappa shape index (κ2) is 11.0. The number of halogens is 4. The molecule has 0 unspecified atom stereocenters. The van der Waals surface area contributed by atoms with Gasteiger partial charge in [0.15, 0.2) is 0 Å². The molecule has 2 aromatic rings. The van der Waals surface area contributed by atoms with E-state index in [2.05, 4.69) is 5.32 Å². The van der Waals surface area contributed by atoms with Crippen LogP contribution in [0.2, 0.25) is 0 Å². The molecule has 8 heteroatoms. The highest BCUT2D eigenvalue weighted by Crippen LogP contribution is 2.29. The molecule has 0 heterocycles. The van der Waals surface area contributed by atoms with Crippen molar-refractivity contribution in [3.63, 3.8) is 0 Å². The Labute approximate surface area is 180 Å². The number of nitrogens with two attached hydrogens (primary N) is 1. The molecule has 4 nitrogen and oxygen atoms in total. The molecule has 0 saturated heterocycles. The molecule has 0 aliphatic heterocycles. The van der Waals surface area contributed by atoms with Gasteiger partial charge in [-0.05, 0) is 47.7 Å². The summed E-state index contributed by atoms with van der Waals surface area (Å²) < 4.78 is 38.6. The van der Waals surface area contributed by atoms with Gasteiger partial charge in [0.05, 0.1) is 5.56 Å². The minimum absolute atomic E-state index is 0. The third-order valence-corrected chi connectivity index (χ3v) is 4.62. The minimum atomic E-state index is -4.44. The molecular formula is C22H26ClF3N2O2. The number of rotatable bonds is 8. The van der Waals surface area contributed by atoms with Gasteiger partial charge in [0.25, 0.3) is 5.91 Å². The number of primary amides is 1. The second-order valence-corrected chi connectivity index (χ2v) is 6.87. The number of alkyl halides is 3. The first-order valence-corrected chi connectivity index (χ1v) is 9.57. The molecule has 0 radical (unpaired) electrons. The van der Waals surface area contributed by atoms with Crippen LogP contribution >= 0.6 is 12.4 Å². The molecule has 0 spiro atoms. The first kappa shape index (κ1) is 25.5. The summed E-state index contributed by atoms with van der Waals surface area (Å²) in [6.45, 7) is 3.86. The van der Waals surface area contributed by atoms with E-state index in [0.717, 1.165) is 24.1 Å². The van der Waals surface area contributed by atoms with E-state index in [9.17, 15) is 22.8 Å². The van der Waals surface area contributed by atoms with Crippen LogP contribution < -0.4 is 11.1 Å². The lowest BCUT2D eigenvalue weighted by molar-refractivity contribution is -0.137. The number of hydrogen-bond acceptors (Lipinski definition) is 2. The van der Waals surface area contributed by atoms with E-state index >= 15 is 0 Å². The number of benzene rings is 2. The average Bonchev–Trinajstić information content (AvgIpc) is 2.66. The van der Waals surface area contributed by atoms with E-state index in [1.54, 1.807) is 12.1 Å². The van der Waals surface area contributed by atoms with Crippen LogP contribution in [0, 0.1) is 0 Å². The van der Waals surface area contributed by atoms with Crippen molar-refractivity contribution in [3.05, 3.63) is 69.8 Å². The molecule has 164 valence electrons. The normalized spacial score (nSPS) is 11.0. The summed E-state index contributed by atoms with van der Waals surface area (Å²) in [5.74, 6) is -1.03. The van der Waals surface area contributed by atoms with Crippen molar-refractivity contribution in [1.82, 2.24) is 5.32 Å². The second-order valence-electron chi connectivity index (χ2n) is 6.87. The van der Waals surface area contributed by atoms with Crippen molar-refractivity contribution in [2.45, 2.75) is 52.3 Å². The Kier molecular flexibility index (Phi) is 9.36.